The predicted molar refractivity (Wildman–Crippen MR) is 65.3 cm³/mol. The van der Waals surface area contributed by atoms with E-state index >= 15 is 0 Å². The predicted octanol–water partition coefficient (Wildman–Crippen LogP) is -0.103. The maximum atomic E-state index is 11.0. The lowest BCUT2D eigenvalue weighted by molar-refractivity contribution is -0.134. The Balaban J connectivity index is 0.000000184. The molecule has 0 aromatic carbocycles. The minimum absolute atomic E-state index is 0.0764. The molecule has 2 N–H and O–H groups in total. The van der Waals surface area contributed by atoms with Gasteiger partial charge in [-0.3, -0.25) is 9.59 Å². The summed E-state index contributed by atoms with van der Waals surface area (Å²) in [6.45, 7) is 1.24. The highest BCUT2D eigenvalue weighted by Gasteiger charge is 2.17. The summed E-state index contributed by atoms with van der Waals surface area (Å²) in [6, 6.07) is 0. The molecule has 6 heteroatoms. The molecule has 0 unspecified atom stereocenters. The molecule has 0 aromatic heterocycles. The number of nitrogens with zero attached hydrogens (tertiary/aromatic N) is 2. The van der Waals surface area contributed by atoms with Gasteiger partial charge in [-0.25, -0.2) is 0 Å². The van der Waals surface area contributed by atoms with Crippen LogP contribution in [0.25, 0.3) is 0 Å². The fraction of sp³-hybridized carbons (Fsp3) is 0.833. The average Bonchev–Trinajstić information content (AvgIpc) is 2.68. The Hall–Kier alpha value is -1.14. The lowest BCUT2D eigenvalue weighted by atomic mass is 10.2. The lowest BCUT2D eigenvalue weighted by Gasteiger charge is -2.15. The van der Waals surface area contributed by atoms with Crippen molar-refractivity contribution in [1.29, 1.82) is 0 Å². The summed E-state index contributed by atoms with van der Waals surface area (Å²) < 4.78 is 0. The van der Waals surface area contributed by atoms with Gasteiger partial charge in [0.05, 0.1) is 0 Å². The standard InChI is InChI=1S/C7H13NO2.C5H9NO2/c9-6-8-5-3-1-2-4-7(8)10;7-4-6-3-1-2-5(6)8/h9H,1-6H2;7H,1-4H2. The molecule has 6 nitrogen and oxygen atoms in total. The van der Waals surface area contributed by atoms with Crippen LogP contribution in [0.2, 0.25) is 0 Å². The smallest absolute Gasteiger partial charge is 0.224 e. The summed E-state index contributed by atoms with van der Waals surface area (Å²) in [5, 5.41) is 17.1. The van der Waals surface area contributed by atoms with Gasteiger partial charge < -0.3 is 20.0 Å². The Morgan fingerprint density at radius 1 is 0.778 bits per heavy atom. The van der Waals surface area contributed by atoms with Gasteiger partial charge in [0.1, 0.15) is 13.5 Å². The third-order valence-corrected chi connectivity index (χ3v) is 3.18. The molecule has 0 saturated carbocycles. The molecule has 2 saturated heterocycles. The van der Waals surface area contributed by atoms with Crippen LogP contribution in [-0.2, 0) is 9.59 Å². The Labute approximate surface area is 107 Å². The van der Waals surface area contributed by atoms with E-state index in [0.717, 1.165) is 38.8 Å². The Bertz CT molecular complexity index is 283. The first kappa shape index (κ1) is 14.9. The van der Waals surface area contributed by atoms with Gasteiger partial charge in [0.15, 0.2) is 0 Å². The molecule has 2 fully saturated rings. The van der Waals surface area contributed by atoms with Gasteiger partial charge in [-0.05, 0) is 19.3 Å². The van der Waals surface area contributed by atoms with E-state index in [1.54, 1.807) is 0 Å². The highest BCUT2D eigenvalue weighted by Crippen LogP contribution is 2.09. The van der Waals surface area contributed by atoms with Crippen LogP contribution in [0.5, 0.6) is 0 Å². The second-order valence-electron chi connectivity index (χ2n) is 4.51. The topological polar surface area (TPSA) is 81.1 Å². The quantitative estimate of drug-likeness (QED) is 0.724. The number of hydrogen-bond donors (Lipinski definition) is 2. The van der Waals surface area contributed by atoms with Crippen molar-refractivity contribution < 1.29 is 19.8 Å². The average molecular weight is 258 g/mol. The van der Waals surface area contributed by atoms with E-state index in [1.807, 2.05) is 0 Å². The SMILES string of the molecule is O=C1CCCCCN1CO.O=C1CCCN1CO. The van der Waals surface area contributed by atoms with Crippen LogP contribution in [0.4, 0.5) is 0 Å². The van der Waals surface area contributed by atoms with Gasteiger partial charge in [-0.15, -0.1) is 0 Å². The van der Waals surface area contributed by atoms with Crippen LogP contribution >= 0.6 is 0 Å². The molecule has 0 bridgehead atoms. The van der Waals surface area contributed by atoms with E-state index in [2.05, 4.69) is 0 Å². The van der Waals surface area contributed by atoms with Crippen LogP contribution in [0.1, 0.15) is 38.5 Å². The second-order valence-corrected chi connectivity index (χ2v) is 4.51. The van der Waals surface area contributed by atoms with Gasteiger partial charge in [0.2, 0.25) is 11.8 Å². The molecule has 2 amide bonds. The van der Waals surface area contributed by atoms with Crippen LogP contribution in [0.15, 0.2) is 0 Å². The molecule has 2 aliphatic heterocycles. The fourth-order valence-electron chi connectivity index (χ4n) is 2.04. The molecular formula is C12H22N2O4. The molecule has 0 spiro atoms. The zero-order valence-electron chi connectivity index (χ0n) is 10.7. The third-order valence-electron chi connectivity index (χ3n) is 3.18. The molecule has 0 aromatic rings. The maximum absolute atomic E-state index is 11.0. The monoisotopic (exact) mass is 258 g/mol. The zero-order chi connectivity index (χ0) is 13.4. The van der Waals surface area contributed by atoms with Gasteiger partial charge in [0.25, 0.3) is 0 Å². The zero-order valence-corrected chi connectivity index (χ0v) is 10.7. The number of likely N-dealkylation sites (tertiary alicyclic amines) is 2. The van der Waals surface area contributed by atoms with E-state index in [0.29, 0.717) is 12.8 Å². The molecule has 104 valence electrons. The van der Waals surface area contributed by atoms with Crippen LogP contribution in [0, 0.1) is 0 Å². The van der Waals surface area contributed by atoms with Crippen molar-refractivity contribution in [3.05, 3.63) is 0 Å². The molecule has 2 rings (SSSR count). The lowest BCUT2D eigenvalue weighted by Crippen LogP contribution is -2.30. The Morgan fingerprint density at radius 3 is 1.72 bits per heavy atom. The molecule has 0 aliphatic carbocycles. The van der Waals surface area contributed by atoms with Crippen molar-refractivity contribution in [2.24, 2.45) is 0 Å². The number of carbonyl (C=O) groups is 2. The van der Waals surface area contributed by atoms with Gasteiger partial charge >= 0.3 is 0 Å². The van der Waals surface area contributed by atoms with Crippen molar-refractivity contribution in [3.63, 3.8) is 0 Å². The van der Waals surface area contributed by atoms with Crippen LogP contribution in [-0.4, -0.2) is 58.4 Å². The van der Waals surface area contributed by atoms with Gasteiger partial charge in [-0.2, -0.15) is 0 Å². The molecule has 2 heterocycles. The van der Waals surface area contributed by atoms with Gasteiger partial charge in [-0.1, -0.05) is 6.42 Å². The third kappa shape index (κ3) is 4.62. The molecule has 0 atom stereocenters. The summed E-state index contributed by atoms with van der Waals surface area (Å²) >= 11 is 0. The van der Waals surface area contributed by atoms with Crippen molar-refractivity contribution in [1.82, 2.24) is 9.80 Å². The summed E-state index contributed by atoms with van der Waals surface area (Å²) in [6.07, 6.45) is 5.25. The number of hydrogen-bond acceptors (Lipinski definition) is 4. The maximum Gasteiger partial charge on any atom is 0.224 e. The second kappa shape index (κ2) is 8.05. The van der Waals surface area contributed by atoms with Crippen molar-refractivity contribution in [2.75, 3.05) is 26.6 Å². The highest BCUT2D eigenvalue weighted by atomic mass is 16.3. The normalized spacial score (nSPS) is 20.6. The number of aliphatic hydroxyl groups excluding tert-OH is 2. The van der Waals surface area contributed by atoms with E-state index < -0.39 is 0 Å². The molecule has 2 aliphatic rings. The van der Waals surface area contributed by atoms with E-state index in [-0.39, 0.29) is 25.3 Å². The minimum atomic E-state index is -0.112. The summed E-state index contributed by atoms with van der Waals surface area (Å²) in [7, 11) is 0. The van der Waals surface area contributed by atoms with Crippen molar-refractivity contribution in [2.45, 2.75) is 38.5 Å². The first-order chi connectivity index (χ1) is 8.69. The Morgan fingerprint density at radius 2 is 1.28 bits per heavy atom. The fourth-order valence-corrected chi connectivity index (χ4v) is 2.04. The van der Waals surface area contributed by atoms with Gasteiger partial charge in [0, 0.05) is 25.9 Å². The van der Waals surface area contributed by atoms with E-state index in [9.17, 15) is 9.59 Å². The van der Waals surface area contributed by atoms with E-state index in [1.165, 1.54) is 9.80 Å². The largest absolute Gasteiger partial charge is 0.376 e. The van der Waals surface area contributed by atoms with Crippen molar-refractivity contribution >= 4 is 11.8 Å². The van der Waals surface area contributed by atoms with E-state index in [4.69, 9.17) is 10.2 Å². The Kier molecular flexibility index (Phi) is 6.67. The summed E-state index contributed by atoms with van der Waals surface area (Å²) in [5.74, 6) is 0.174. The number of amides is 2. The molecule has 0 radical (unpaired) electrons. The first-order valence-electron chi connectivity index (χ1n) is 6.46. The number of carbonyl (C=O) groups excluding carboxylic acids is 2. The van der Waals surface area contributed by atoms with Crippen LogP contribution in [0.3, 0.4) is 0 Å². The highest BCUT2D eigenvalue weighted by molar-refractivity contribution is 5.77. The summed E-state index contributed by atoms with van der Waals surface area (Å²) in [5.41, 5.74) is 0. The first-order valence-corrected chi connectivity index (χ1v) is 6.46. The number of rotatable bonds is 2. The number of aliphatic hydroxyl groups is 2. The van der Waals surface area contributed by atoms with Crippen LogP contribution < -0.4 is 0 Å². The summed E-state index contributed by atoms with van der Waals surface area (Å²) in [4.78, 5) is 24.5. The van der Waals surface area contributed by atoms with Crippen molar-refractivity contribution in [3.8, 4) is 0 Å². The molecular weight excluding hydrogens is 236 g/mol. The minimum Gasteiger partial charge on any atom is -0.376 e. The molecule has 18 heavy (non-hydrogen) atoms.